The molecule has 6 heteroatoms. The summed E-state index contributed by atoms with van der Waals surface area (Å²) in [6.45, 7) is 2.43. The van der Waals surface area contributed by atoms with Gasteiger partial charge >= 0.3 is 0 Å². The minimum atomic E-state index is -0.697. The quantitative estimate of drug-likeness (QED) is 0.652. The van der Waals surface area contributed by atoms with Gasteiger partial charge in [0.05, 0.1) is 24.4 Å². The van der Waals surface area contributed by atoms with Gasteiger partial charge in [0, 0.05) is 0 Å². The number of ether oxygens (including phenoxy) is 1. The maximum atomic E-state index is 12.6. The largest absolute Gasteiger partial charge is 0.506 e. The molecule has 1 heterocycles. The van der Waals surface area contributed by atoms with Crippen molar-refractivity contribution in [3.05, 3.63) is 48.5 Å². The van der Waals surface area contributed by atoms with E-state index >= 15 is 0 Å². The predicted molar refractivity (Wildman–Crippen MR) is 90.2 cm³/mol. The second-order valence-electron chi connectivity index (χ2n) is 5.41. The lowest BCUT2D eigenvalue weighted by molar-refractivity contribution is -0.121. The number of anilines is 2. The number of phenolic OH excluding ortho intramolecular Hbond substituents is 1. The summed E-state index contributed by atoms with van der Waals surface area (Å²) in [6.07, 6.45) is 0.0420. The highest BCUT2D eigenvalue weighted by Gasteiger charge is 2.39. The van der Waals surface area contributed by atoms with Crippen LogP contribution < -0.4 is 15.0 Å². The molecule has 0 aromatic heterocycles. The van der Waals surface area contributed by atoms with Crippen LogP contribution >= 0.6 is 0 Å². The first kappa shape index (κ1) is 15.9. The number of amides is 2. The third-order valence-electron chi connectivity index (χ3n) is 3.79. The fraction of sp³-hybridized carbons (Fsp3) is 0.222. The molecule has 24 heavy (non-hydrogen) atoms. The summed E-state index contributed by atoms with van der Waals surface area (Å²) in [5.41, 5.74) is 0.937. The Kier molecular flexibility index (Phi) is 4.37. The van der Waals surface area contributed by atoms with Crippen LogP contribution in [0.5, 0.6) is 11.5 Å². The van der Waals surface area contributed by atoms with E-state index in [2.05, 4.69) is 5.32 Å². The van der Waals surface area contributed by atoms with Crippen molar-refractivity contribution in [3.8, 4) is 11.5 Å². The predicted octanol–water partition coefficient (Wildman–Crippen LogP) is 2.53. The first-order valence-corrected chi connectivity index (χ1v) is 7.74. The molecular formula is C18H18N2O4. The molecule has 0 saturated carbocycles. The Labute approximate surface area is 139 Å². The Balaban J connectivity index is 1.77. The molecule has 2 aromatic rings. The Morgan fingerprint density at radius 3 is 2.54 bits per heavy atom. The molecule has 2 amide bonds. The van der Waals surface area contributed by atoms with E-state index in [1.54, 1.807) is 42.5 Å². The number of phenols is 1. The van der Waals surface area contributed by atoms with Gasteiger partial charge in [-0.3, -0.25) is 9.59 Å². The smallest absolute Gasteiger partial charge is 0.256 e. The minimum Gasteiger partial charge on any atom is -0.506 e. The van der Waals surface area contributed by atoms with Crippen LogP contribution in [0.3, 0.4) is 0 Å². The van der Waals surface area contributed by atoms with Crippen LogP contribution in [0, 0.1) is 0 Å². The average Bonchev–Trinajstić information content (AvgIpc) is 2.85. The molecule has 0 radical (unpaired) electrons. The number of benzene rings is 2. The monoisotopic (exact) mass is 326 g/mol. The Hall–Kier alpha value is -3.02. The van der Waals surface area contributed by atoms with E-state index in [0.29, 0.717) is 23.7 Å². The zero-order valence-corrected chi connectivity index (χ0v) is 13.2. The van der Waals surface area contributed by atoms with Gasteiger partial charge in [0.25, 0.3) is 5.91 Å². The number of para-hydroxylation sites is 2. The van der Waals surface area contributed by atoms with Crippen molar-refractivity contribution in [2.45, 2.75) is 19.4 Å². The molecule has 0 unspecified atom stereocenters. The number of carbonyl (C=O) groups is 2. The van der Waals surface area contributed by atoms with E-state index in [-0.39, 0.29) is 24.0 Å². The van der Waals surface area contributed by atoms with Gasteiger partial charge in [-0.05, 0) is 43.3 Å². The van der Waals surface area contributed by atoms with Crippen molar-refractivity contribution >= 4 is 23.2 Å². The van der Waals surface area contributed by atoms with Crippen LogP contribution in [0.25, 0.3) is 0 Å². The highest BCUT2D eigenvalue weighted by molar-refractivity contribution is 6.23. The molecule has 2 N–H and O–H groups in total. The van der Waals surface area contributed by atoms with Crippen molar-refractivity contribution < 1.29 is 19.4 Å². The number of carbonyl (C=O) groups excluding carboxylic acids is 2. The molecule has 6 nitrogen and oxygen atoms in total. The lowest BCUT2D eigenvalue weighted by atomic mass is 10.2. The molecule has 0 spiro atoms. The summed E-state index contributed by atoms with van der Waals surface area (Å²) < 4.78 is 5.36. The Morgan fingerprint density at radius 2 is 1.88 bits per heavy atom. The first-order chi connectivity index (χ1) is 11.6. The minimum absolute atomic E-state index is 0.0391. The topological polar surface area (TPSA) is 78.9 Å². The van der Waals surface area contributed by atoms with Gasteiger partial charge in [0.1, 0.15) is 17.5 Å². The number of hydrogen-bond donors (Lipinski definition) is 2. The van der Waals surface area contributed by atoms with Crippen LogP contribution in [0.1, 0.15) is 13.3 Å². The van der Waals surface area contributed by atoms with Crippen LogP contribution in [0.2, 0.25) is 0 Å². The number of hydrogen-bond acceptors (Lipinski definition) is 5. The van der Waals surface area contributed by atoms with Gasteiger partial charge in [-0.25, -0.2) is 4.90 Å². The number of rotatable bonds is 5. The van der Waals surface area contributed by atoms with E-state index in [9.17, 15) is 14.7 Å². The molecule has 1 fully saturated rings. The lowest BCUT2D eigenvalue weighted by Crippen LogP contribution is -2.34. The highest BCUT2D eigenvalue weighted by atomic mass is 16.5. The molecular weight excluding hydrogens is 308 g/mol. The van der Waals surface area contributed by atoms with Crippen LogP contribution in [0.4, 0.5) is 11.4 Å². The van der Waals surface area contributed by atoms with Crippen molar-refractivity contribution in [1.29, 1.82) is 0 Å². The van der Waals surface area contributed by atoms with Crippen molar-refractivity contribution in [2.75, 3.05) is 16.8 Å². The highest BCUT2D eigenvalue weighted by Crippen LogP contribution is 2.29. The van der Waals surface area contributed by atoms with Crippen molar-refractivity contribution in [3.63, 3.8) is 0 Å². The molecule has 0 bridgehead atoms. The maximum Gasteiger partial charge on any atom is 0.256 e. The molecule has 1 atom stereocenters. The maximum absolute atomic E-state index is 12.6. The summed E-state index contributed by atoms with van der Waals surface area (Å²) in [5, 5.41) is 12.7. The van der Waals surface area contributed by atoms with Gasteiger partial charge in [-0.2, -0.15) is 0 Å². The fourth-order valence-electron chi connectivity index (χ4n) is 2.66. The molecule has 3 rings (SSSR count). The zero-order chi connectivity index (χ0) is 17.1. The summed E-state index contributed by atoms with van der Waals surface area (Å²) in [4.78, 5) is 26.0. The fourth-order valence-corrected chi connectivity index (χ4v) is 2.66. The number of aromatic hydroxyl groups is 1. The number of imide groups is 1. The van der Waals surface area contributed by atoms with Crippen LogP contribution in [0.15, 0.2) is 48.5 Å². The summed E-state index contributed by atoms with van der Waals surface area (Å²) in [7, 11) is 0. The summed E-state index contributed by atoms with van der Waals surface area (Å²) in [5.74, 6) is 0.103. The van der Waals surface area contributed by atoms with E-state index in [4.69, 9.17) is 4.74 Å². The van der Waals surface area contributed by atoms with Gasteiger partial charge < -0.3 is 15.2 Å². The second kappa shape index (κ2) is 6.62. The molecule has 2 aromatic carbocycles. The van der Waals surface area contributed by atoms with E-state index in [0.717, 1.165) is 4.90 Å². The first-order valence-electron chi connectivity index (χ1n) is 7.74. The standard InChI is InChI=1S/C18H18N2O4/c1-2-24-13-9-7-12(8-10-13)20-17(22)11-15(18(20)23)19-14-5-3-4-6-16(14)21/h3-10,15,19,21H,2,11H2,1H3/t15-/m1/s1. The van der Waals surface area contributed by atoms with Gasteiger partial charge in [0.2, 0.25) is 5.91 Å². The molecule has 0 aliphatic carbocycles. The SMILES string of the molecule is CCOc1ccc(N2C(=O)C[C@@H](Nc3ccccc3O)C2=O)cc1. The normalized spacial score (nSPS) is 17.2. The average molecular weight is 326 g/mol. The summed E-state index contributed by atoms with van der Waals surface area (Å²) in [6, 6.07) is 12.7. The summed E-state index contributed by atoms with van der Waals surface area (Å²) >= 11 is 0. The van der Waals surface area contributed by atoms with Gasteiger partial charge in [-0.15, -0.1) is 0 Å². The Morgan fingerprint density at radius 1 is 1.17 bits per heavy atom. The third kappa shape index (κ3) is 3.03. The van der Waals surface area contributed by atoms with Crippen LogP contribution in [-0.4, -0.2) is 29.6 Å². The molecule has 1 aliphatic rings. The Bertz CT molecular complexity index is 758. The lowest BCUT2D eigenvalue weighted by Gasteiger charge is -2.17. The molecule has 1 saturated heterocycles. The molecule has 1 aliphatic heterocycles. The third-order valence-corrected chi connectivity index (χ3v) is 3.79. The number of nitrogens with zero attached hydrogens (tertiary/aromatic N) is 1. The number of nitrogens with one attached hydrogen (secondary N) is 1. The van der Waals surface area contributed by atoms with E-state index in [1.807, 2.05) is 6.92 Å². The van der Waals surface area contributed by atoms with Gasteiger partial charge in [0.15, 0.2) is 0 Å². The van der Waals surface area contributed by atoms with Crippen molar-refractivity contribution in [2.24, 2.45) is 0 Å². The van der Waals surface area contributed by atoms with Crippen molar-refractivity contribution in [1.82, 2.24) is 0 Å². The van der Waals surface area contributed by atoms with E-state index < -0.39 is 6.04 Å². The van der Waals surface area contributed by atoms with Crippen LogP contribution in [-0.2, 0) is 9.59 Å². The van der Waals surface area contributed by atoms with Gasteiger partial charge in [-0.1, -0.05) is 12.1 Å². The molecule has 124 valence electrons. The zero-order valence-electron chi connectivity index (χ0n) is 13.2. The van der Waals surface area contributed by atoms with E-state index in [1.165, 1.54) is 6.07 Å². The second-order valence-corrected chi connectivity index (χ2v) is 5.41.